The van der Waals surface area contributed by atoms with Crippen molar-refractivity contribution in [1.29, 1.82) is 0 Å². The Labute approximate surface area is 223 Å². The van der Waals surface area contributed by atoms with Crippen LogP contribution in [0.2, 0.25) is 0 Å². The Kier molecular flexibility index (Phi) is 8.34. The van der Waals surface area contributed by atoms with E-state index < -0.39 is 17.6 Å². The van der Waals surface area contributed by atoms with Gasteiger partial charge in [-0.25, -0.2) is 4.98 Å². The lowest BCUT2D eigenvalue weighted by Crippen LogP contribution is -2.41. The molecule has 0 unspecified atom stereocenters. The number of hydrogen-bond donors (Lipinski definition) is 1. The summed E-state index contributed by atoms with van der Waals surface area (Å²) in [7, 11) is 0. The molecular weight excluding hydrogens is 517 g/mol. The highest BCUT2D eigenvalue weighted by Gasteiger charge is 2.33. The first kappa shape index (κ1) is 27.0. The number of rotatable bonds is 10. The van der Waals surface area contributed by atoms with Crippen LogP contribution in [-0.2, 0) is 30.5 Å². The lowest BCUT2D eigenvalue weighted by molar-refractivity contribution is -0.138. The minimum atomic E-state index is -4.46. The topological polar surface area (TPSA) is 89.3 Å². The van der Waals surface area contributed by atoms with Gasteiger partial charge in [0.2, 0.25) is 12.7 Å². The second-order valence-corrected chi connectivity index (χ2v) is 9.32. The van der Waals surface area contributed by atoms with Crippen molar-refractivity contribution in [2.45, 2.75) is 25.8 Å². The molecule has 39 heavy (non-hydrogen) atoms. The van der Waals surface area contributed by atoms with Crippen molar-refractivity contribution >= 4 is 5.91 Å². The van der Waals surface area contributed by atoms with Crippen molar-refractivity contribution in [2.24, 2.45) is 0 Å². The zero-order chi connectivity index (χ0) is 27.2. The van der Waals surface area contributed by atoms with E-state index in [9.17, 15) is 18.0 Å². The molecule has 0 aliphatic carbocycles. The lowest BCUT2D eigenvalue weighted by atomic mass is 10.1. The molecule has 3 heterocycles. The van der Waals surface area contributed by atoms with E-state index in [1.54, 1.807) is 18.2 Å². The van der Waals surface area contributed by atoms with E-state index in [2.05, 4.69) is 15.2 Å². The molecule has 1 amide bonds. The molecule has 2 aliphatic rings. The Balaban J connectivity index is 1.24. The zero-order valence-corrected chi connectivity index (χ0v) is 21.2. The Bertz CT molecular complexity index is 1280. The number of oxazole rings is 1. The summed E-state index contributed by atoms with van der Waals surface area (Å²) in [5.41, 5.74) is 0.418. The highest BCUT2D eigenvalue weighted by atomic mass is 19.4. The Morgan fingerprint density at radius 1 is 1.05 bits per heavy atom. The zero-order valence-electron chi connectivity index (χ0n) is 21.2. The maximum Gasteiger partial charge on any atom is 0.416 e. The van der Waals surface area contributed by atoms with Gasteiger partial charge in [0, 0.05) is 39.3 Å². The normalized spacial score (nSPS) is 15.6. The Hall–Kier alpha value is -3.61. The largest absolute Gasteiger partial charge is 0.454 e. The number of hydrogen-bond acceptors (Lipinski definition) is 8. The molecule has 208 valence electrons. The van der Waals surface area contributed by atoms with Gasteiger partial charge in [0.05, 0.1) is 25.3 Å². The number of carbonyl (C=O) groups excluding carboxylic acids is 1. The molecule has 3 aromatic rings. The van der Waals surface area contributed by atoms with Crippen molar-refractivity contribution in [3.63, 3.8) is 0 Å². The number of morpholine rings is 1. The number of amides is 1. The fraction of sp³-hybridized carbons (Fsp3) is 0.407. The maximum absolute atomic E-state index is 13.6. The first-order valence-corrected chi connectivity index (χ1v) is 12.6. The predicted molar refractivity (Wildman–Crippen MR) is 133 cm³/mol. The van der Waals surface area contributed by atoms with Gasteiger partial charge in [0.15, 0.2) is 17.2 Å². The number of nitrogens with zero attached hydrogens (tertiary/aromatic N) is 3. The van der Waals surface area contributed by atoms with Crippen molar-refractivity contribution in [1.82, 2.24) is 20.1 Å². The summed E-state index contributed by atoms with van der Waals surface area (Å²) in [6.07, 6.45) is -3.20. The minimum Gasteiger partial charge on any atom is -0.454 e. The van der Waals surface area contributed by atoms with E-state index in [-0.39, 0.29) is 43.6 Å². The fourth-order valence-electron chi connectivity index (χ4n) is 4.50. The molecule has 0 spiro atoms. The average molecular weight is 547 g/mol. The first-order chi connectivity index (χ1) is 18.8. The van der Waals surface area contributed by atoms with Gasteiger partial charge in [-0.15, -0.1) is 0 Å². The van der Waals surface area contributed by atoms with Gasteiger partial charge in [0.1, 0.15) is 6.26 Å². The molecule has 0 saturated carbocycles. The summed E-state index contributed by atoms with van der Waals surface area (Å²) in [5, 5.41) is 2.79. The molecule has 5 rings (SSSR count). The highest BCUT2D eigenvalue weighted by molar-refractivity contribution is 5.91. The van der Waals surface area contributed by atoms with Gasteiger partial charge in [-0.2, -0.15) is 13.2 Å². The van der Waals surface area contributed by atoms with Gasteiger partial charge in [0.25, 0.3) is 5.91 Å². The third kappa shape index (κ3) is 7.08. The van der Waals surface area contributed by atoms with Crippen molar-refractivity contribution < 1.29 is 36.6 Å². The summed E-state index contributed by atoms with van der Waals surface area (Å²) in [5.74, 6) is 1.09. The van der Waals surface area contributed by atoms with Gasteiger partial charge in [-0.1, -0.05) is 24.3 Å². The monoisotopic (exact) mass is 546 g/mol. The lowest BCUT2D eigenvalue weighted by Gasteiger charge is -2.30. The number of fused-ring (bicyclic) bond motifs is 1. The van der Waals surface area contributed by atoms with Crippen LogP contribution in [-0.4, -0.2) is 66.9 Å². The molecule has 1 N–H and O–H groups in total. The number of halogens is 3. The molecule has 1 fully saturated rings. The van der Waals surface area contributed by atoms with Crippen LogP contribution >= 0.6 is 0 Å². The van der Waals surface area contributed by atoms with Crippen LogP contribution < -0.4 is 14.8 Å². The minimum absolute atomic E-state index is 0.0496. The summed E-state index contributed by atoms with van der Waals surface area (Å²) >= 11 is 0. The molecule has 2 aliphatic heterocycles. The third-order valence-corrected chi connectivity index (χ3v) is 6.59. The van der Waals surface area contributed by atoms with Gasteiger partial charge in [-0.05, 0) is 29.3 Å². The molecule has 9 nitrogen and oxygen atoms in total. The van der Waals surface area contributed by atoms with E-state index in [1.807, 2.05) is 11.0 Å². The number of carbonyl (C=O) groups is 1. The van der Waals surface area contributed by atoms with Gasteiger partial charge < -0.3 is 23.9 Å². The smallest absolute Gasteiger partial charge is 0.416 e. The number of aromatic nitrogens is 1. The molecule has 0 atom stereocenters. The van der Waals surface area contributed by atoms with Crippen LogP contribution in [0, 0.1) is 0 Å². The quantitative estimate of drug-likeness (QED) is 0.412. The van der Waals surface area contributed by atoms with E-state index >= 15 is 0 Å². The molecule has 0 bridgehead atoms. The number of ether oxygens (including phenoxy) is 3. The Morgan fingerprint density at radius 2 is 1.85 bits per heavy atom. The van der Waals surface area contributed by atoms with Gasteiger partial charge in [-0.3, -0.25) is 14.6 Å². The van der Waals surface area contributed by atoms with E-state index in [0.29, 0.717) is 37.8 Å². The number of benzene rings is 2. The summed E-state index contributed by atoms with van der Waals surface area (Å²) in [6.45, 7) is 4.53. The van der Waals surface area contributed by atoms with E-state index in [0.717, 1.165) is 24.7 Å². The molecule has 1 saturated heterocycles. The molecule has 0 radical (unpaired) electrons. The highest BCUT2D eigenvalue weighted by Crippen LogP contribution is 2.33. The van der Waals surface area contributed by atoms with Crippen LogP contribution in [0.1, 0.15) is 33.1 Å². The number of nitrogens with one attached hydrogen (secondary N) is 1. The summed E-state index contributed by atoms with van der Waals surface area (Å²) < 4.78 is 62.5. The molecule has 1 aromatic heterocycles. The van der Waals surface area contributed by atoms with Crippen LogP contribution in [0.15, 0.2) is 53.1 Å². The van der Waals surface area contributed by atoms with Crippen LogP contribution in [0.25, 0.3) is 0 Å². The second kappa shape index (κ2) is 12.1. The summed E-state index contributed by atoms with van der Waals surface area (Å²) in [4.78, 5) is 21.0. The number of alkyl halides is 3. The van der Waals surface area contributed by atoms with Crippen molar-refractivity contribution in [2.75, 3.05) is 46.2 Å². The van der Waals surface area contributed by atoms with Crippen molar-refractivity contribution in [3.05, 3.63) is 77.0 Å². The maximum atomic E-state index is 13.6. The summed E-state index contributed by atoms with van der Waals surface area (Å²) in [6, 6.07) is 10.9. The standard InChI is InChI=1S/C27H29F3N4O5/c28-27(29,30)21-4-2-1-3-20(21)15-34(8-7-33-9-11-36-12-10-33)16-25-32-22(17-37-25)26(35)31-14-19-5-6-23-24(13-19)39-18-38-23/h1-6,13,17H,7-12,14-16,18H2,(H,31,35). The van der Waals surface area contributed by atoms with Crippen molar-refractivity contribution in [3.8, 4) is 11.5 Å². The third-order valence-electron chi connectivity index (χ3n) is 6.59. The predicted octanol–water partition coefficient (Wildman–Crippen LogP) is 3.69. The molecule has 2 aromatic carbocycles. The van der Waals surface area contributed by atoms with Crippen LogP contribution in [0.3, 0.4) is 0 Å². The van der Waals surface area contributed by atoms with E-state index in [1.165, 1.54) is 18.4 Å². The van der Waals surface area contributed by atoms with Crippen LogP contribution in [0.4, 0.5) is 13.2 Å². The first-order valence-electron chi connectivity index (χ1n) is 12.6. The second-order valence-electron chi connectivity index (χ2n) is 9.32. The van der Waals surface area contributed by atoms with Gasteiger partial charge >= 0.3 is 6.18 Å². The molecular formula is C27H29F3N4O5. The fourth-order valence-corrected chi connectivity index (χ4v) is 4.50. The SMILES string of the molecule is O=C(NCc1ccc2c(c1)OCO2)c1coc(CN(CCN2CCOCC2)Cc2ccccc2C(F)(F)F)n1. The molecule has 12 heteroatoms. The Morgan fingerprint density at radius 3 is 2.67 bits per heavy atom. The average Bonchev–Trinajstić information content (AvgIpc) is 3.60. The van der Waals surface area contributed by atoms with Crippen LogP contribution in [0.5, 0.6) is 11.5 Å². The van der Waals surface area contributed by atoms with E-state index in [4.69, 9.17) is 18.6 Å².